The third-order valence-electron chi connectivity index (χ3n) is 7.38. The zero-order valence-electron chi connectivity index (χ0n) is 22.4. The lowest BCUT2D eigenvalue weighted by atomic mass is 10.1. The van der Waals surface area contributed by atoms with Crippen LogP contribution in [0.5, 0.6) is 0 Å². The van der Waals surface area contributed by atoms with Gasteiger partial charge >= 0.3 is 0 Å². The lowest BCUT2D eigenvalue weighted by Gasteiger charge is -2.35. The van der Waals surface area contributed by atoms with Crippen LogP contribution in [0.4, 0.5) is 11.4 Å². The van der Waals surface area contributed by atoms with Gasteiger partial charge in [0.05, 0.1) is 5.69 Å². The third-order valence-corrected chi connectivity index (χ3v) is 9.21. The molecule has 1 N–H and O–H groups in total. The lowest BCUT2D eigenvalue weighted by Crippen LogP contribution is -2.48. The van der Waals surface area contributed by atoms with Crippen molar-refractivity contribution in [3.63, 3.8) is 0 Å². The van der Waals surface area contributed by atoms with Crippen LogP contribution in [-0.2, 0) is 16.6 Å². The molecule has 0 aliphatic carbocycles. The van der Waals surface area contributed by atoms with E-state index in [2.05, 4.69) is 15.7 Å². The van der Waals surface area contributed by atoms with Gasteiger partial charge < -0.3 is 9.80 Å². The number of halogens is 1. The average molecular weight is 565 g/mol. The van der Waals surface area contributed by atoms with Crippen molar-refractivity contribution < 1.29 is 13.2 Å². The summed E-state index contributed by atoms with van der Waals surface area (Å²) >= 11 is 6.15. The Morgan fingerprint density at radius 1 is 0.974 bits per heavy atom. The highest BCUT2D eigenvalue weighted by molar-refractivity contribution is 7.92. The second-order valence-corrected chi connectivity index (χ2v) is 12.3. The number of carbonyl (C=O) groups is 1. The molecule has 0 radical (unpaired) electrons. The minimum Gasteiger partial charge on any atom is -0.369 e. The molecule has 2 aliphatic rings. The number of anilines is 2. The second-order valence-electron chi connectivity index (χ2n) is 10.3. The molecule has 3 aromatic carbocycles. The van der Waals surface area contributed by atoms with Crippen molar-refractivity contribution in [3.8, 4) is 0 Å². The molecular weight excluding hydrogens is 532 g/mol. The molecule has 2 aliphatic heterocycles. The van der Waals surface area contributed by atoms with Crippen molar-refractivity contribution in [2.45, 2.75) is 25.3 Å². The van der Waals surface area contributed by atoms with Gasteiger partial charge in [-0.05, 0) is 66.4 Å². The van der Waals surface area contributed by atoms with Crippen molar-refractivity contribution in [2.24, 2.45) is 0 Å². The van der Waals surface area contributed by atoms with Gasteiger partial charge in [-0.3, -0.25) is 14.4 Å². The van der Waals surface area contributed by atoms with E-state index in [0.29, 0.717) is 36.6 Å². The quantitative estimate of drug-likeness (QED) is 0.447. The van der Waals surface area contributed by atoms with Crippen LogP contribution in [0.1, 0.15) is 32.6 Å². The molecule has 2 heterocycles. The highest BCUT2D eigenvalue weighted by Gasteiger charge is 2.26. The van der Waals surface area contributed by atoms with Crippen molar-refractivity contribution in [3.05, 3.63) is 93.5 Å². The summed E-state index contributed by atoms with van der Waals surface area (Å²) < 4.78 is 29.4. The summed E-state index contributed by atoms with van der Waals surface area (Å²) in [5.41, 5.74) is 5.57. The molecule has 5 rings (SSSR count). The Balaban J connectivity index is 1.24. The largest absolute Gasteiger partial charge is 0.369 e. The highest BCUT2D eigenvalue weighted by atomic mass is 35.5. The van der Waals surface area contributed by atoms with Crippen molar-refractivity contribution in [1.82, 2.24) is 9.80 Å². The normalized spacial score (nSPS) is 15.8. The molecule has 0 saturated carbocycles. The number of aryl methyl sites for hydroxylation is 2. The average Bonchev–Trinajstić information content (AvgIpc) is 2.91. The number of carbonyl (C=O) groups excluding carboxylic acids is 1. The minimum absolute atomic E-state index is 0.0329. The Kier molecular flexibility index (Phi) is 7.71. The Hall–Kier alpha value is -3.33. The number of nitrogens with zero attached hydrogens (tertiary/aromatic N) is 3. The van der Waals surface area contributed by atoms with E-state index in [1.165, 1.54) is 5.56 Å². The number of benzene rings is 3. The van der Waals surface area contributed by atoms with E-state index in [1.54, 1.807) is 30.3 Å². The van der Waals surface area contributed by atoms with Gasteiger partial charge in [0, 0.05) is 62.6 Å². The van der Waals surface area contributed by atoms with Gasteiger partial charge in [-0.15, -0.1) is 0 Å². The zero-order valence-corrected chi connectivity index (χ0v) is 24.0. The van der Waals surface area contributed by atoms with Crippen LogP contribution in [-0.4, -0.2) is 63.9 Å². The van der Waals surface area contributed by atoms with E-state index in [9.17, 15) is 13.2 Å². The van der Waals surface area contributed by atoms with Crippen molar-refractivity contribution in [2.75, 3.05) is 49.4 Å². The molecular formula is C30H33ClN4O3S. The van der Waals surface area contributed by atoms with Crippen LogP contribution >= 0.6 is 11.6 Å². The molecule has 7 nitrogen and oxygen atoms in total. The summed E-state index contributed by atoms with van der Waals surface area (Å²) in [4.78, 5) is 19.7. The first-order valence-corrected chi connectivity index (χ1v) is 14.9. The van der Waals surface area contributed by atoms with E-state index in [4.69, 9.17) is 11.6 Å². The van der Waals surface area contributed by atoms with E-state index in [-0.39, 0.29) is 10.8 Å². The smallest absolute Gasteiger partial charge is 0.263 e. The summed E-state index contributed by atoms with van der Waals surface area (Å²) in [7, 11) is -1.95. The first-order valence-electron chi connectivity index (χ1n) is 13.0. The van der Waals surface area contributed by atoms with Crippen LogP contribution in [0.3, 0.4) is 0 Å². The summed E-state index contributed by atoms with van der Waals surface area (Å²) in [6, 6.07) is 16.5. The monoisotopic (exact) mass is 564 g/mol. The van der Waals surface area contributed by atoms with Crippen molar-refractivity contribution in [1.29, 1.82) is 0 Å². The van der Waals surface area contributed by atoms with Crippen molar-refractivity contribution >= 4 is 45.0 Å². The first-order chi connectivity index (χ1) is 18.6. The van der Waals surface area contributed by atoms with Crippen LogP contribution in [0.15, 0.2) is 65.6 Å². The Labute approximate surface area is 235 Å². The number of hydrogen-bond donors (Lipinski definition) is 1. The Bertz CT molecular complexity index is 1550. The minimum atomic E-state index is -3.83. The second kappa shape index (κ2) is 11.0. The fourth-order valence-corrected chi connectivity index (χ4v) is 6.70. The number of nitrogens with one attached hydrogen (secondary N) is 1. The number of amides is 1. The topological polar surface area (TPSA) is 73.0 Å². The molecule has 0 aromatic heterocycles. The van der Waals surface area contributed by atoms with Gasteiger partial charge in [0.15, 0.2) is 0 Å². The Morgan fingerprint density at radius 2 is 1.74 bits per heavy atom. The predicted octanol–water partition coefficient (Wildman–Crippen LogP) is 5.18. The van der Waals surface area contributed by atoms with Gasteiger partial charge in [0.1, 0.15) is 4.90 Å². The molecule has 3 aromatic rings. The van der Waals surface area contributed by atoms with Crippen LogP contribution in [0.25, 0.3) is 6.08 Å². The fourth-order valence-electron chi connectivity index (χ4n) is 5.25. The van der Waals surface area contributed by atoms with Gasteiger partial charge in [-0.2, -0.15) is 0 Å². The maximum Gasteiger partial charge on any atom is 0.263 e. The maximum atomic E-state index is 13.3. The van der Waals surface area contributed by atoms with E-state index in [0.717, 1.165) is 41.3 Å². The molecule has 0 bridgehead atoms. The van der Waals surface area contributed by atoms with Crippen LogP contribution in [0.2, 0.25) is 5.02 Å². The Morgan fingerprint density at radius 3 is 2.46 bits per heavy atom. The number of piperazine rings is 1. The molecule has 0 atom stereocenters. The maximum absolute atomic E-state index is 13.3. The van der Waals surface area contributed by atoms with E-state index in [1.807, 2.05) is 61.0 Å². The van der Waals surface area contributed by atoms with Gasteiger partial charge in [0.25, 0.3) is 15.9 Å². The SMILES string of the molecule is Cc1cc(CN2CCN(C(=O)c3ccc(NS(=O)(=O)c4cccc5c4N(C)CC=C5)cc3C)CC2)ccc1Cl. The molecule has 1 fully saturated rings. The molecule has 39 heavy (non-hydrogen) atoms. The van der Waals surface area contributed by atoms with E-state index < -0.39 is 10.0 Å². The number of hydrogen-bond acceptors (Lipinski definition) is 5. The molecule has 1 amide bonds. The third kappa shape index (κ3) is 5.83. The zero-order chi connectivity index (χ0) is 27.7. The van der Waals surface area contributed by atoms with Crippen LogP contribution in [0, 0.1) is 13.8 Å². The van der Waals surface area contributed by atoms with E-state index >= 15 is 0 Å². The number of likely N-dealkylation sites (N-methyl/N-ethyl adjacent to an activating group) is 1. The summed E-state index contributed by atoms with van der Waals surface area (Å²) in [6.07, 6.45) is 3.95. The molecule has 1 saturated heterocycles. The molecule has 204 valence electrons. The highest BCUT2D eigenvalue weighted by Crippen LogP contribution is 2.33. The molecule has 0 spiro atoms. The van der Waals surface area contributed by atoms with Gasteiger partial charge in [0.2, 0.25) is 0 Å². The van der Waals surface area contributed by atoms with Crippen LogP contribution < -0.4 is 9.62 Å². The molecule has 0 unspecified atom stereocenters. The number of sulfonamides is 1. The molecule has 9 heteroatoms. The number of rotatable bonds is 6. The lowest BCUT2D eigenvalue weighted by molar-refractivity contribution is 0.0628. The predicted molar refractivity (Wildman–Crippen MR) is 158 cm³/mol. The number of fused-ring (bicyclic) bond motifs is 1. The summed E-state index contributed by atoms with van der Waals surface area (Å²) in [6.45, 7) is 8.17. The summed E-state index contributed by atoms with van der Waals surface area (Å²) in [5.74, 6) is -0.0329. The first kappa shape index (κ1) is 27.2. The standard InChI is InChI=1S/C30H33ClN4O3S/c1-21-19-25(32-39(37,38)28-8-4-6-24-7-5-13-33(3)29(24)28)10-11-26(21)30(36)35-16-14-34(15-17-35)20-23-9-12-27(31)22(2)18-23/h4-12,18-19,32H,13-17,20H2,1-3H3. The fraction of sp³-hybridized carbons (Fsp3) is 0.300. The van der Waals surface area contributed by atoms with Gasteiger partial charge in [-0.1, -0.05) is 48.0 Å². The number of para-hydroxylation sites is 1. The van der Waals surface area contributed by atoms with Gasteiger partial charge in [-0.25, -0.2) is 8.42 Å². The summed E-state index contributed by atoms with van der Waals surface area (Å²) in [5, 5.41) is 0.771.